The molecular weight excluding hydrogens is 527 g/mol. The summed E-state index contributed by atoms with van der Waals surface area (Å²) in [4.78, 5) is 16.8. The van der Waals surface area contributed by atoms with Gasteiger partial charge in [0.25, 0.3) is 5.91 Å². The molecule has 0 spiro atoms. The van der Waals surface area contributed by atoms with Crippen molar-refractivity contribution in [3.8, 4) is 0 Å². The van der Waals surface area contributed by atoms with Crippen molar-refractivity contribution in [1.82, 2.24) is 16.0 Å². The highest BCUT2D eigenvalue weighted by Crippen LogP contribution is 2.17. The van der Waals surface area contributed by atoms with E-state index in [1.807, 2.05) is 32.0 Å². The number of aliphatic imine (C=N–C) groups is 1. The number of aryl methyl sites for hydroxylation is 1. The first-order valence-corrected chi connectivity index (χ1v) is 11.8. The van der Waals surface area contributed by atoms with Gasteiger partial charge in [-0.15, -0.1) is 24.0 Å². The molecule has 31 heavy (non-hydrogen) atoms. The number of hydrogen-bond donors (Lipinski definition) is 3. The van der Waals surface area contributed by atoms with Crippen LogP contribution in [-0.4, -0.2) is 39.6 Å². The summed E-state index contributed by atoms with van der Waals surface area (Å²) in [7, 11) is -3.23. The van der Waals surface area contributed by atoms with E-state index in [1.165, 1.54) is 6.26 Å². The van der Waals surface area contributed by atoms with Gasteiger partial charge in [0.2, 0.25) is 0 Å². The molecule has 170 valence electrons. The van der Waals surface area contributed by atoms with E-state index in [2.05, 4.69) is 20.9 Å². The molecule has 0 aliphatic carbocycles. The van der Waals surface area contributed by atoms with E-state index < -0.39 is 9.84 Å². The van der Waals surface area contributed by atoms with Crippen molar-refractivity contribution in [1.29, 1.82) is 0 Å². The second-order valence-corrected chi connectivity index (χ2v) is 8.96. The molecule has 0 aliphatic heterocycles. The van der Waals surface area contributed by atoms with Gasteiger partial charge in [-0.25, -0.2) is 13.4 Å². The summed E-state index contributed by atoms with van der Waals surface area (Å²) in [6, 6.07) is 12.7. The Kier molecular flexibility index (Phi) is 11.0. The molecule has 0 radical (unpaired) electrons. The van der Waals surface area contributed by atoms with Gasteiger partial charge < -0.3 is 16.0 Å². The maximum atomic E-state index is 11.8. The number of carbonyl (C=O) groups is 1. The molecular formula is C22H31IN4O3S. The Morgan fingerprint density at radius 3 is 2.10 bits per heavy atom. The van der Waals surface area contributed by atoms with Crippen LogP contribution in [-0.2, 0) is 22.9 Å². The van der Waals surface area contributed by atoms with E-state index in [1.54, 1.807) is 31.2 Å². The standard InChI is InChI=1S/C22H30N4O3S.HI/c1-5-23-21(27)19-10-7-17(8-11-19)14-25-22(24-6-2)26-15-18-9-12-20(16(3)13-18)30(4,28)29;/h7-13H,5-6,14-15H2,1-4H3,(H,23,27)(H2,24,25,26);1H. The third-order valence-electron chi connectivity index (χ3n) is 4.42. The molecule has 0 aliphatic rings. The molecule has 0 heterocycles. The molecule has 0 bridgehead atoms. The Morgan fingerprint density at radius 1 is 0.935 bits per heavy atom. The van der Waals surface area contributed by atoms with Gasteiger partial charge in [-0.1, -0.05) is 24.3 Å². The van der Waals surface area contributed by atoms with Gasteiger partial charge in [0, 0.05) is 31.5 Å². The second-order valence-electron chi connectivity index (χ2n) is 6.98. The van der Waals surface area contributed by atoms with Crippen molar-refractivity contribution in [3.05, 3.63) is 64.7 Å². The fraction of sp³-hybridized carbons (Fsp3) is 0.364. The maximum Gasteiger partial charge on any atom is 0.251 e. The van der Waals surface area contributed by atoms with Gasteiger partial charge in [-0.05, 0) is 55.7 Å². The fourth-order valence-corrected chi connectivity index (χ4v) is 3.92. The first-order chi connectivity index (χ1) is 14.2. The number of halogens is 1. The molecule has 2 aromatic rings. The molecule has 1 amide bonds. The summed E-state index contributed by atoms with van der Waals surface area (Å²) in [5, 5.41) is 9.25. The number of guanidine groups is 1. The van der Waals surface area contributed by atoms with Gasteiger partial charge in [-0.3, -0.25) is 4.79 Å². The summed E-state index contributed by atoms with van der Waals surface area (Å²) in [5.41, 5.74) is 3.31. The minimum atomic E-state index is -3.23. The number of sulfone groups is 1. The van der Waals surface area contributed by atoms with Crippen LogP contribution in [0.1, 0.15) is 40.9 Å². The van der Waals surface area contributed by atoms with Gasteiger partial charge in [0.05, 0.1) is 11.4 Å². The van der Waals surface area contributed by atoms with Crippen molar-refractivity contribution in [2.75, 3.05) is 19.3 Å². The number of carbonyl (C=O) groups excluding carboxylic acids is 1. The summed E-state index contributed by atoms with van der Waals surface area (Å²) >= 11 is 0. The van der Waals surface area contributed by atoms with Crippen molar-refractivity contribution in [2.24, 2.45) is 4.99 Å². The van der Waals surface area contributed by atoms with Crippen LogP contribution in [0.5, 0.6) is 0 Å². The van der Waals surface area contributed by atoms with Crippen LogP contribution in [0.4, 0.5) is 0 Å². The summed E-state index contributed by atoms with van der Waals surface area (Å²) < 4.78 is 23.5. The van der Waals surface area contributed by atoms with Crippen LogP contribution in [0, 0.1) is 6.92 Å². The van der Waals surface area contributed by atoms with Crippen LogP contribution < -0.4 is 16.0 Å². The number of rotatable bonds is 8. The minimum absolute atomic E-state index is 0. The molecule has 7 nitrogen and oxygen atoms in total. The van der Waals surface area contributed by atoms with E-state index in [0.717, 1.165) is 16.7 Å². The van der Waals surface area contributed by atoms with E-state index >= 15 is 0 Å². The number of nitrogens with one attached hydrogen (secondary N) is 3. The zero-order chi connectivity index (χ0) is 22.1. The maximum absolute atomic E-state index is 11.8. The lowest BCUT2D eigenvalue weighted by molar-refractivity contribution is 0.0956. The largest absolute Gasteiger partial charge is 0.357 e. The van der Waals surface area contributed by atoms with E-state index in [9.17, 15) is 13.2 Å². The van der Waals surface area contributed by atoms with Crippen molar-refractivity contribution >= 4 is 45.7 Å². The smallest absolute Gasteiger partial charge is 0.251 e. The number of amides is 1. The third kappa shape index (κ3) is 8.48. The van der Waals surface area contributed by atoms with Gasteiger partial charge >= 0.3 is 0 Å². The number of benzene rings is 2. The zero-order valence-corrected chi connectivity index (χ0v) is 21.5. The molecule has 9 heteroatoms. The van der Waals surface area contributed by atoms with Gasteiger partial charge in [0.15, 0.2) is 15.8 Å². The van der Waals surface area contributed by atoms with E-state index in [-0.39, 0.29) is 29.9 Å². The Morgan fingerprint density at radius 2 is 1.55 bits per heavy atom. The van der Waals surface area contributed by atoms with E-state index in [4.69, 9.17) is 0 Å². The number of hydrogen-bond acceptors (Lipinski definition) is 4. The Balaban J connectivity index is 0.00000480. The Hall–Kier alpha value is -2.14. The Labute approximate surface area is 202 Å². The summed E-state index contributed by atoms with van der Waals surface area (Å²) in [5.74, 6) is 0.583. The molecule has 0 saturated carbocycles. The van der Waals surface area contributed by atoms with Crippen molar-refractivity contribution in [2.45, 2.75) is 38.8 Å². The highest BCUT2D eigenvalue weighted by atomic mass is 127. The van der Waals surface area contributed by atoms with Crippen LogP contribution in [0.15, 0.2) is 52.4 Å². The molecule has 2 aromatic carbocycles. The predicted octanol–water partition coefficient (Wildman–Crippen LogP) is 3.02. The average Bonchev–Trinajstić information content (AvgIpc) is 2.69. The lowest BCUT2D eigenvalue weighted by Gasteiger charge is -2.12. The first kappa shape index (κ1) is 26.9. The third-order valence-corrected chi connectivity index (χ3v) is 5.67. The van der Waals surface area contributed by atoms with Crippen LogP contribution in [0.3, 0.4) is 0 Å². The lowest BCUT2D eigenvalue weighted by atomic mass is 10.1. The molecule has 0 fully saturated rings. The highest BCUT2D eigenvalue weighted by Gasteiger charge is 2.11. The summed E-state index contributed by atoms with van der Waals surface area (Å²) in [6.07, 6.45) is 1.21. The van der Waals surface area contributed by atoms with Gasteiger partial charge in [-0.2, -0.15) is 0 Å². The SMILES string of the molecule is CCNC(=O)c1ccc(CNC(=NCc2ccc(S(C)(=O)=O)c(C)c2)NCC)cc1.I. The quantitative estimate of drug-likeness (QED) is 0.263. The fourth-order valence-electron chi connectivity index (χ4n) is 2.96. The monoisotopic (exact) mass is 558 g/mol. The molecule has 0 saturated heterocycles. The lowest BCUT2D eigenvalue weighted by Crippen LogP contribution is -2.36. The molecule has 2 rings (SSSR count). The van der Waals surface area contributed by atoms with E-state index in [0.29, 0.717) is 42.6 Å². The summed E-state index contributed by atoms with van der Waals surface area (Å²) in [6.45, 7) is 7.97. The number of nitrogens with zero attached hydrogens (tertiary/aromatic N) is 1. The molecule has 0 aromatic heterocycles. The van der Waals surface area contributed by atoms with Gasteiger partial charge in [0.1, 0.15) is 0 Å². The van der Waals surface area contributed by atoms with Crippen LogP contribution in [0.25, 0.3) is 0 Å². The zero-order valence-electron chi connectivity index (χ0n) is 18.4. The van der Waals surface area contributed by atoms with Crippen molar-refractivity contribution < 1.29 is 13.2 Å². The normalized spacial score (nSPS) is 11.4. The molecule has 3 N–H and O–H groups in total. The predicted molar refractivity (Wildman–Crippen MR) is 136 cm³/mol. The van der Waals surface area contributed by atoms with Crippen LogP contribution >= 0.6 is 24.0 Å². The molecule has 0 atom stereocenters. The minimum Gasteiger partial charge on any atom is -0.357 e. The topological polar surface area (TPSA) is 99.7 Å². The Bertz CT molecular complexity index is 1010. The average molecular weight is 558 g/mol. The highest BCUT2D eigenvalue weighted by molar-refractivity contribution is 14.0. The second kappa shape index (κ2) is 12.7. The molecule has 0 unspecified atom stereocenters. The first-order valence-electron chi connectivity index (χ1n) is 9.93. The van der Waals surface area contributed by atoms with Crippen molar-refractivity contribution in [3.63, 3.8) is 0 Å². The van der Waals surface area contributed by atoms with Crippen LogP contribution in [0.2, 0.25) is 0 Å².